The molecule has 0 spiro atoms. The van der Waals surface area contributed by atoms with Crippen LogP contribution in [0.15, 0.2) is 0 Å². The van der Waals surface area contributed by atoms with E-state index in [1.807, 2.05) is 0 Å². The number of rotatable bonds is 9. The van der Waals surface area contributed by atoms with Gasteiger partial charge in [0.25, 0.3) is 0 Å². The number of hydrogen-bond acceptors (Lipinski definition) is 3. The zero-order valence-corrected chi connectivity index (χ0v) is 8.55. The number of nitrogens with one attached hydrogen (secondary N) is 1. The van der Waals surface area contributed by atoms with Crippen LogP contribution in [0.1, 0.15) is 19.3 Å². The molecule has 0 aromatic rings. The lowest BCUT2D eigenvalue weighted by Gasteiger charge is -2.04. The van der Waals surface area contributed by atoms with E-state index in [-0.39, 0.29) is 0 Å². The van der Waals surface area contributed by atoms with Crippen LogP contribution < -0.4 is 5.32 Å². The summed E-state index contributed by atoms with van der Waals surface area (Å²) in [6.45, 7) is 4.66. The zero-order chi connectivity index (χ0) is 9.36. The van der Waals surface area contributed by atoms with E-state index in [4.69, 9.17) is 9.47 Å². The Balaban J connectivity index is 1.63. The monoisotopic (exact) mass is 187 g/mol. The van der Waals surface area contributed by atoms with Crippen molar-refractivity contribution in [1.29, 1.82) is 0 Å². The number of hydrogen-bond donors (Lipinski definition) is 1. The van der Waals surface area contributed by atoms with Gasteiger partial charge >= 0.3 is 0 Å². The van der Waals surface area contributed by atoms with Gasteiger partial charge in [-0.15, -0.1) is 0 Å². The van der Waals surface area contributed by atoms with Gasteiger partial charge in [-0.3, -0.25) is 0 Å². The van der Waals surface area contributed by atoms with Gasteiger partial charge in [0.05, 0.1) is 6.61 Å². The molecule has 0 aromatic carbocycles. The summed E-state index contributed by atoms with van der Waals surface area (Å²) in [6.07, 6.45) is 3.83. The van der Waals surface area contributed by atoms with Crippen LogP contribution >= 0.6 is 0 Å². The van der Waals surface area contributed by atoms with Gasteiger partial charge in [-0.05, 0) is 31.7 Å². The summed E-state index contributed by atoms with van der Waals surface area (Å²) in [5, 5.41) is 3.31. The minimum absolute atomic E-state index is 0.843. The van der Waals surface area contributed by atoms with E-state index >= 15 is 0 Å². The molecule has 78 valence electrons. The Bertz CT molecular complexity index is 115. The smallest absolute Gasteiger partial charge is 0.0591 e. The molecule has 1 N–H and O–H groups in total. The van der Waals surface area contributed by atoms with Gasteiger partial charge < -0.3 is 14.8 Å². The molecular weight excluding hydrogens is 166 g/mol. The molecule has 0 aromatic heterocycles. The van der Waals surface area contributed by atoms with Crippen LogP contribution in [0, 0.1) is 5.92 Å². The van der Waals surface area contributed by atoms with Gasteiger partial charge in [0, 0.05) is 26.9 Å². The van der Waals surface area contributed by atoms with Crippen molar-refractivity contribution in [2.45, 2.75) is 19.3 Å². The SMILES string of the molecule is COCCCNCCOCC1CC1. The van der Waals surface area contributed by atoms with E-state index in [0.717, 1.165) is 45.2 Å². The van der Waals surface area contributed by atoms with Crippen molar-refractivity contribution in [3.63, 3.8) is 0 Å². The van der Waals surface area contributed by atoms with Crippen LogP contribution in [0.25, 0.3) is 0 Å². The average Bonchev–Trinajstić information content (AvgIpc) is 2.93. The Morgan fingerprint density at radius 1 is 1.23 bits per heavy atom. The maximum atomic E-state index is 5.47. The third-order valence-corrected chi connectivity index (χ3v) is 2.18. The zero-order valence-electron chi connectivity index (χ0n) is 8.55. The Kier molecular flexibility index (Phi) is 6.15. The third-order valence-electron chi connectivity index (χ3n) is 2.18. The molecular formula is C10H21NO2. The van der Waals surface area contributed by atoms with E-state index in [0.29, 0.717) is 0 Å². The van der Waals surface area contributed by atoms with E-state index in [2.05, 4.69) is 5.32 Å². The molecule has 1 rings (SSSR count). The van der Waals surface area contributed by atoms with Crippen LogP contribution in [0.3, 0.4) is 0 Å². The minimum Gasteiger partial charge on any atom is -0.385 e. The van der Waals surface area contributed by atoms with Gasteiger partial charge in [-0.25, -0.2) is 0 Å². The topological polar surface area (TPSA) is 30.5 Å². The van der Waals surface area contributed by atoms with Gasteiger partial charge in [0.2, 0.25) is 0 Å². The van der Waals surface area contributed by atoms with E-state index in [1.54, 1.807) is 7.11 Å². The molecule has 0 saturated heterocycles. The van der Waals surface area contributed by atoms with Crippen molar-refractivity contribution in [1.82, 2.24) is 5.32 Å². The molecule has 13 heavy (non-hydrogen) atoms. The summed E-state index contributed by atoms with van der Waals surface area (Å²) in [5.41, 5.74) is 0. The van der Waals surface area contributed by atoms with Crippen molar-refractivity contribution in [2.24, 2.45) is 5.92 Å². The molecule has 0 amide bonds. The molecule has 0 heterocycles. The summed E-state index contributed by atoms with van der Waals surface area (Å²) in [6, 6.07) is 0. The highest BCUT2D eigenvalue weighted by Crippen LogP contribution is 2.28. The third kappa shape index (κ3) is 6.99. The van der Waals surface area contributed by atoms with Crippen molar-refractivity contribution in [3.8, 4) is 0 Å². The second kappa shape index (κ2) is 7.30. The van der Waals surface area contributed by atoms with Crippen LogP contribution in [0.2, 0.25) is 0 Å². The maximum Gasteiger partial charge on any atom is 0.0591 e. The summed E-state index contributed by atoms with van der Waals surface area (Å²) in [7, 11) is 1.73. The predicted octanol–water partition coefficient (Wildman–Crippen LogP) is 1.04. The van der Waals surface area contributed by atoms with Crippen LogP contribution in [0.5, 0.6) is 0 Å². The molecule has 0 atom stereocenters. The van der Waals surface area contributed by atoms with E-state index in [1.165, 1.54) is 12.8 Å². The Labute approximate surface area is 80.8 Å². The molecule has 0 unspecified atom stereocenters. The van der Waals surface area contributed by atoms with E-state index in [9.17, 15) is 0 Å². The fourth-order valence-corrected chi connectivity index (χ4v) is 1.15. The van der Waals surface area contributed by atoms with Crippen LogP contribution in [-0.4, -0.2) is 40.0 Å². The molecule has 1 fully saturated rings. The molecule has 3 nitrogen and oxygen atoms in total. The van der Waals surface area contributed by atoms with Gasteiger partial charge in [0.15, 0.2) is 0 Å². The maximum absolute atomic E-state index is 5.47. The Morgan fingerprint density at radius 3 is 2.77 bits per heavy atom. The summed E-state index contributed by atoms with van der Waals surface area (Å²) >= 11 is 0. The van der Waals surface area contributed by atoms with Crippen LogP contribution in [-0.2, 0) is 9.47 Å². The van der Waals surface area contributed by atoms with Crippen molar-refractivity contribution in [3.05, 3.63) is 0 Å². The first kappa shape index (κ1) is 11.0. The highest BCUT2D eigenvalue weighted by molar-refractivity contribution is 4.71. The number of methoxy groups -OCH3 is 1. The first-order valence-electron chi connectivity index (χ1n) is 5.21. The normalized spacial score (nSPS) is 16.4. The molecule has 1 aliphatic rings. The average molecular weight is 187 g/mol. The van der Waals surface area contributed by atoms with Crippen LogP contribution in [0.4, 0.5) is 0 Å². The Hall–Kier alpha value is -0.120. The van der Waals surface area contributed by atoms with Gasteiger partial charge in [-0.1, -0.05) is 0 Å². The fourth-order valence-electron chi connectivity index (χ4n) is 1.15. The molecule has 1 aliphatic carbocycles. The second-order valence-electron chi connectivity index (χ2n) is 3.61. The second-order valence-corrected chi connectivity index (χ2v) is 3.61. The first-order chi connectivity index (χ1) is 6.43. The van der Waals surface area contributed by atoms with Crippen molar-refractivity contribution >= 4 is 0 Å². The lowest BCUT2D eigenvalue weighted by Crippen LogP contribution is -2.22. The van der Waals surface area contributed by atoms with Crippen molar-refractivity contribution < 1.29 is 9.47 Å². The molecule has 1 saturated carbocycles. The van der Waals surface area contributed by atoms with Gasteiger partial charge in [0.1, 0.15) is 0 Å². The summed E-state index contributed by atoms with van der Waals surface area (Å²) < 4.78 is 10.4. The number of ether oxygens (including phenoxy) is 2. The molecule has 0 bridgehead atoms. The van der Waals surface area contributed by atoms with Crippen molar-refractivity contribution in [2.75, 3.05) is 40.0 Å². The van der Waals surface area contributed by atoms with Gasteiger partial charge in [-0.2, -0.15) is 0 Å². The predicted molar refractivity (Wildman–Crippen MR) is 52.9 cm³/mol. The molecule has 3 heteroatoms. The van der Waals surface area contributed by atoms with E-state index < -0.39 is 0 Å². The fraction of sp³-hybridized carbons (Fsp3) is 1.00. The standard InChI is InChI=1S/C10H21NO2/c1-12-7-2-5-11-6-8-13-9-10-3-4-10/h10-11H,2-9H2,1H3. The largest absolute Gasteiger partial charge is 0.385 e. The highest BCUT2D eigenvalue weighted by atomic mass is 16.5. The lowest BCUT2D eigenvalue weighted by molar-refractivity contribution is 0.125. The Morgan fingerprint density at radius 2 is 2.08 bits per heavy atom. The quantitative estimate of drug-likeness (QED) is 0.547. The lowest BCUT2D eigenvalue weighted by atomic mass is 10.4. The summed E-state index contributed by atoms with van der Waals surface area (Å²) in [4.78, 5) is 0. The highest BCUT2D eigenvalue weighted by Gasteiger charge is 2.20. The minimum atomic E-state index is 0.843. The molecule has 0 radical (unpaired) electrons. The first-order valence-corrected chi connectivity index (χ1v) is 5.21. The summed E-state index contributed by atoms with van der Waals surface area (Å²) in [5.74, 6) is 0.883. The molecule has 0 aliphatic heterocycles.